The van der Waals surface area contributed by atoms with E-state index in [1.807, 2.05) is 36.6 Å². The summed E-state index contributed by atoms with van der Waals surface area (Å²) >= 11 is 1.66. The van der Waals surface area contributed by atoms with Crippen LogP contribution in [0.15, 0.2) is 29.6 Å². The van der Waals surface area contributed by atoms with Gasteiger partial charge in [-0.25, -0.2) is 4.98 Å². The van der Waals surface area contributed by atoms with Gasteiger partial charge in [-0.3, -0.25) is 0 Å². The van der Waals surface area contributed by atoms with Gasteiger partial charge in [0.2, 0.25) is 0 Å². The molecule has 0 amide bonds. The van der Waals surface area contributed by atoms with E-state index in [0.717, 1.165) is 28.5 Å². The molecule has 4 heteroatoms. The van der Waals surface area contributed by atoms with Gasteiger partial charge in [0.05, 0.1) is 13.2 Å². The van der Waals surface area contributed by atoms with Gasteiger partial charge in [0.25, 0.3) is 0 Å². The Morgan fingerprint density at radius 3 is 2.62 bits per heavy atom. The molecule has 1 aromatic heterocycles. The zero-order valence-electron chi connectivity index (χ0n) is 9.10. The maximum Gasteiger partial charge on any atom is 0.112 e. The van der Waals surface area contributed by atoms with E-state index < -0.39 is 0 Å². The highest BCUT2D eigenvalue weighted by Crippen LogP contribution is 2.13. The molecule has 0 radical (unpaired) electrons. The molecule has 0 aliphatic heterocycles. The molecule has 2 N–H and O–H groups in total. The Kier molecular flexibility index (Phi) is 3.54. The molecule has 0 bridgehead atoms. The summed E-state index contributed by atoms with van der Waals surface area (Å²) in [4.78, 5) is 4.38. The summed E-state index contributed by atoms with van der Waals surface area (Å²) in [6, 6.07) is 7.75. The molecule has 0 aliphatic rings. The van der Waals surface area contributed by atoms with Crippen molar-refractivity contribution in [3.05, 3.63) is 45.9 Å². The average molecular weight is 234 g/mol. The number of aliphatic hydroxyl groups excluding tert-OH is 1. The monoisotopic (exact) mass is 234 g/mol. The van der Waals surface area contributed by atoms with Gasteiger partial charge >= 0.3 is 0 Å². The van der Waals surface area contributed by atoms with Crippen LogP contribution >= 0.6 is 11.3 Å². The minimum atomic E-state index is 0.0892. The van der Waals surface area contributed by atoms with E-state index in [1.54, 1.807) is 11.3 Å². The number of thiazole rings is 1. The van der Waals surface area contributed by atoms with Crippen molar-refractivity contribution in [1.29, 1.82) is 0 Å². The number of hydrogen-bond acceptors (Lipinski definition) is 4. The Hall–Kier alpha value is -1.39. The van der Waals surface area contributed by atoms with Crippen molar-refractivity contribution in [2.24, 2.45) is 0 Å². The number of nitrogens with zero attached hydrogens (tertiary/aromatic N) is 1. The Labute approximate surface area is 98.8 Å². The lowest BCUT2D eigenvalue weighted by Crippen LogP contribution is -1.99. The van der Waals surface area contributed by atoms with Crippen molar-refractivity contribution in [2.75, 3.05) is 5.32 Å². The summed E-state index contributed by atoms with van der Waals surface area (Å²) in [6.07, 6.45) is 0. The molecule has 84 valence electrons. The highest BCUT2D eigenvalue weighted by Gasteiger charge is 1.98. The third kappa shape index (κ3) is 2.81. The van der Waals surface area contributed by atoms with Crippen molar-refractivity contribution in [3.8, 4) is 0 Å². The third-order valence-electron chi connectivity index (χ3n) is 2.25. The summed E-state index contributed by atoms with van der Waals surface area (Å²) in [5, 5.41) is 15.3. The molecule has 0 fully saturated rings. The molecule has 3 nitrogen and oxygen atoms in total. The van der Waals surface area contributed by atoms with Crippen molar-refractivity contribution < 1.29 is 5.11 Å². The van der Waals surface area contributed by atoms with Gasteiger partial charge in [0, 0.05) is 16.8 Å². The van der Waals surface area contributed by atoms with E-state index in [4.69, 9.17) is 5.11 Å². The number of aliphatic hydroxyl groups is 1. The van der Waals surface area contributed by atoms with Crippen LogP contribution in [0.25, 0.3) is 0 Å². The Morgan fingerprint density at radius 2 is 2.06 bits per heavy atom. The minimum Gasteiger partial charge on any atom is -0.392 e. The Balaban J connectivity index is 1.94. The maximum absolute atomic E-state index is 8.91. The van der Waals surface area contributed by atoms with Crippen LogP contribution in [0, 0.1) is 6.92 Å². The summed E-state index contributed by atoms with van der Waals surface area (Å²) < 4.78 is 0. The molecular formula is C12H14N2OS. The van der Waals surface area contributed by atoms with Crippen molar-refractivity contribution in [2.45, 2.75) is 20.1 Å². The van der Waals surface area contributed by atoms with E-state index in [0.29, 0.717) is 0 Å². The number of nitrogens with one attached hydrogen (secondary N) is 1. The first-order valence-electron chi connectivity index (χ1n) is 5.12. The van der Waals surface area contributed by atoms with Crippen LogP contribution in [0.5, 0.6) is 0 Å². The van der Waals surface area contributed by atoms with Crippen LogP contribution in [-0.4, -0.2) is 10.1 Å². The van der Waals surface area contributed by atoms with Gasteiger partial charge < -0.3 is 10.4 Å². The molecule has 2 aromatic rings. The molecule has 0 atom stereocenters. The highest BCUT2D eigenvalue weighted by molar-refractivity contribution is 7.09. The summed E-state index contributed by atoms with van der Waals surface area (Å²) in [7, 11) is 0. The van der Waals surface area contributed by atoms with Gasteiger partial charge in [0.1, 0.15) is 5.01 Å². The number of benzene rings is 1. The smallest absolute Gasteiger partial charge is 0.112 e. The van der Waals surface area contributed by atoms with Crippen LogP contribution in [0.2, 0.25) is 0 Å². The molecule has 0 aliphatic carbocycles. The van der Waals surface area contributed by atoms with Gasteiger partial charge in [-0.2, -0.15) is 0 Å². The van der Waals surface area contributed by atoms with Gasteiger partial charge in [-0.15, -0.1) is 11.3 Å². The Morgan fingerprint density at radius 1 is 1.31 bits per heavy atom. The molecule has 16 heavy (non-hydrogen) atoms. The first-order chi connectivity index (χ1) is 7.78. The predicted octanol–water partition coefficient (Wildman–Crippen LogP) is 2.56. The second-order valence-electron chi connectivity index (χ2n) is 3.59. The molecule has 2 rings (SSSR count). The van der Waals surface area contributed by atoms with Crippen molar-refractivity contribution in [3.63, 3.8) is 0 Å². The lowest BCUT2D eigenvalue weighted by molar-refractivity contribution is 0.282. The van der Waals surface area contributed by atoms with Crippen LogP contribution < -0.4 is 5.32 Å². The predicted molar refractivity (Wildman–Crippen MR) is 66.5 cm³/mol. The van der Waals surface area contributed by atoms with Gasteiger partial charge in [0.15, 0.2) is 0 Å². The van der Waals surface area contributed by atoms with Crippen LogP contribution in [-0.2, 0) is 13.2 Å². The summed E-state index contributed by atoms with van der Waals surface area (Å²) in [5.74, 6) is 0. The normalized spacial score (nSPS) is 10.4. The van der Waals surface area contributed by atoms with Crippen molar-refractivity contribution >= 4 is 17.0 Å². The lowest BCUT2D eigenvalue weighted by Gasteiger charge is -2.04. The molecule has 1 heterocycles. The van der Waals surface area contributed by atoms with E-state index in [-0.39, 0.29) is 6.61 Å². The van der Waals surface area contributed by atoms with Crippen LogP contribution in [0.3, 0.4) is 0 Å². The number of hydrogen-bond donors (Lipinski definition) is 2. The number of aryl methyl sites for hydroxylation is 1. The fraction of sp³-hybridized carbons (Fsp3) is 0.250. The van der Waals surface area contributed by atoms with E-state index in [2.05, 4.69) is 10.3 Å². The lowest BCUT2D eigenvalue weighted by atomic mass is 10.2. The fourth-order valence-electron chi connectivity index (χ4n) is 1.39. The van der Waals surface area contributed by atoms with Crippen LogP contribution in [0.4, 0.5) is 5.69 Å². The van der Waals surface area contributed by atoms with Crippen LogP contribution in [0.1, 0.15) is 16.3 Å². The second-order valence-corrected chi connectivity index (χ2v) is 4.53. The summed E-state index contributed by atoms with van der Waals surface area (Å²) in [5.41, 5.74) is 3.04. The second kappa shape index (κ2) is 5.09. The molecule has 0 spiro atoms. The van der Waals surface area contributed by atoms with Gasteiger partial charge in [-0.05, 0) is 24.6 Å². The maximum atomic E-state index is 8.91. The third-order valence-corrected chi connectivity index (χ3v) is 3.21. The topological polar surface area (TPSA) is 45.1 Å². The first-order valence-corrected chi connectivity index (χ1v) is 6.00. The van der Waals surface area contributed by atoms with Gasteiger partial charge in [-0.1, -0.05) is 12.1 Å². The quantitative estimate of drug-likeness (QED) is 0.854. The molecule has 0 unspecified atom stereocenters. The SMILES string of the molecule is Cc1csc(CNc2ccc(CO)cc2)n1. The van der Waals surface area contributed by atoms with E-state index >= 15 is 0 Å². The molecule has 0 saturated carbocycles. The Bertz CT molecular complexity index is 450. The number of aromatic nitrogens is 1. The zero-order valence-corrected chi connectivity index (χ0v) is 9.92. The molecular weight excluding hydrogens is 220 g/mol. The molecule has 1 aromatic carbocycles. The van der Waals surface area contributed by atoms with E-state index in [9.17, 15) is 0 Å². The van der Waals surface area contributed by atoms with Crippen molar-refractivity contribution in [1.82, 2.24) is 4.98 Å². The largest absolute Gasteiger partial charge is 0.392 e. The fourth-order valence-corrected chi connectivity index (χ4v) is 2.10. The summed E-state index contributed by atoms with van der Waals surface area (Å²) in [6.45, 7) is 2.83. The zero-order chi connectivity index (χ0) is 11.4. The minimum absolute atomic E-state index is 0.0892. The molecule has 0 saturated heterocycles. The standard InChI is InChI=1S/C12H14N2OS/c1-9-8-16-12(14-9)6-13-11-4-2-10(7-15)3-5-11/h2-5,8,13,15H,6-7H2,1H3. The number of anilines is 1. The highest BCUT2D eigenvalue weighted by atomic mass is 32.1. The van der Waals surface area contributed by atoms with E-state index in [1.165, 1.54) is 0 Å². The first kappa shape index (κ1) is 11.1. The average Bonchev–Trinajstić information content (AvgIpc) is 2.73. The number of rotatable bonds is 4.